The highest BCUT2D eigenvalue weighted by atomic mass is 79.9. The maximum atomic E-state index is 13.7. The van der Waals surface area contributed by atoms with Crippen LogP contribution in [0.4, 0.5) is 4.39 Å². The molecular formula is C12H11BrFNS. The average molecular weight is 300 g/mol. The molecule has 0 spiro atoms. The van der Waals surface area contributed by atoms with Crippen molar-refractivity contribution in [1.82, 2.24) is 5.32 Å². The molecule has 0 amide bonds. The summed E-state index contributed by atoms with van der Waals surface area (Å²) < 4.78 is 14.5. The van der Waals surface area contributed by atoms with Crippen LogP contribution in [0.1, 0.15) is 4.88 Å². The molecule has 0 bridgehead atoms. The zero-order valence-electron chi connectivity index (χ0n) is 8.76. The van der Waals surface area contributed by atoms with Gasteiger partial charge in [0.2, 0.25) is 0 Å². The fraction of sp³-hybridized carbons (Fsp3) is 0.167. The smallest absolute Gasteiger partial charge is 0.132 e. The van der Waals surface area contributed by atoms with Crippen LogP contribution in [-0.2, 0) is 6.54 Å². The molecule has 0 aliphatic rings. The van der Waals surface area contributed by atoms with E-state index < -0.39 is 0 Å². The lowest BCUT2D eigenvalue weighted by atomic mass is 10.2. The summed E-state index contributed by atoms with van der Waals surface area (Å²) in [7, 11) is 1.90. The van der Waals surface area contributed by atoms with Gasteiger partial charge in [-0.2, -0.15) is 0 Å². The molecule has 0 saturated heterocycles. The first kappa shape index (κ1) is 11.8. The lowest BCUT2D eigenvalue weighted by Gasteiger charge is -2.00. The van der Waals surface area contributed by atoms with Gasteiger partial charge in [-0.05, 0) is 37.4 Å². The molecule has 1 aromatic heterocycles. The first-order valence-corrected chi connectivity index (χ1v) is 6.50. The Hall–Kier alpha value is -0.710. The van der Waals surface area contributed by atoms with E-state index in [1.54, 1.807) is 17.4 Å². The van der Waals surface area contributed by atoms with E-state index in [0.717, 1.165) is 15.9 Å². The molecule has 4 heteroatoms. The van der Waals surface area contributed by atoms with Crippen molar-refractivity contribution >= 4 is 27.3 Å². The third-order valence-corrected chi connectivity index (χ3v) is 3.82. The predicted octanol–water partition coefficient (Wildman–Crippen LogP) is 4.04. The zero-order valence-corrected chi connectivity index (χ0v) is 11.2. The molecule has 0 aliphatic heterocycles. The SMILES string of the molecule is CNCc1ccc(-c2ccc(Br)cc2F)s1. The van der Waals surface area contributed by atoms with E-state index in [1.165, 1.54) is 10.9 Å². The second kappa shape index (κ2) is 5.08. The highest BCUT2D eigenvalue weighted by Crippen LogP contribution is 2.31. The number of rotatable bonds is 3. The third-order valence-electron chi connectivity index (χ3n) is 2.21. The number of benzene rings is 1. The van der Waals surface area contributed by atoms with Gasteiger partial charge in [-0.3, -0.25) is 0 Å². The molecule has 0 saturated carbocycles. The predicted molar refractivity (Wildman–Crippen MR) is 70.2 cm³/mol. The normalized spacial score (nSPS) is 10.7. The first-order valence-electron chi connectivity index (χ1n) is 4.89. The minimum Gasteiger partial charge on any atom is -0.315 e. The summed E-state index contributed by atoms with van der Waals surface area (Å²) in [6.07, 6.45) is 0. The van der Waals surface area contributed by atoms with Crippen LogP contribution in [0.5, 0.6) is 0 Å². The third kappa shape index (κ3) is 2.51. The summed E-state index contributed by atoms with van der Waals surface area (Å²) in [4.78, 5) is 2.18. The summed E-state index contributed by atoms with van der Waals surface area (Å²) in [6.45, 7) is 0.822. The summed E-state index contributed by atoms with van der Waals surface area (Å²) >= 11 is 4.87. The highest BCUT2D eigenvalue weighted by molar-refractivity contribution is 9.10. The van der Waals surface area contributed by atoms with Gasteiger partial charge in [-0.25, -0.2) is 4.39 Å². The molecule has 1 nitrogen and oxygen atoms in total. The van der Waals surface area contributed by atoms with E-state index in [9.17, 15) is 4.39 Å². The topological polar surface area (TPSA) is 12.0 Å². The molecule has 2 aromatic rings. The molecule has 16 heavy (non-hydrogen) atoms. The van der Waals surface area contributed by atoms with Crippen molar-refractivity contribution in [2.24, 2.45) is 0 Å². The van der Waals surface area contributed by atoms with Crippen molar-refractivity contribution in [3.63, 3.8) is 0 Å². The fourth-order valence-electron chi connectivity index (χ4n) is 1.48. The molecule has 0 aliphatic carbocycles. The van der Waals surface area contributed by atoms with E-state index in [0.29, 0.717) is 5.56 Å². The molecule has 0 atom stereocenters. The maximum Gasteiger partial charge on any atom is 0.132 e. The van der Waals surface area contributed by atoms with Gasteiger partial charge in [-0.15, -0.1) is 11.3 Å². The maximum absolute atomic E-state index is 13.7. The van der Waals surface area contributed by atoms with Crippen molar-refractivity contribution in [3.8, 4) is 10.4 Å². The number of thiophene rings is 1. The Balaban J connectivity index is 2.35. The molecule has 1 aromatic carbocycles. The number of nitrogens with one attached hydrogen (secondary N) is 1. The van der Waals surface area contributed by atoms with Gasteiger partial charge in [-0.1, -0.05) is 15.9 Å². The molecule has 1 heterocycles. The Morgan fingerprint density at radius 3 is 2.81 bits per heavy atom. The minimum absolute atomic E-state index is 0.188. The van der Waals surface area contributed by atoms with Gasteiger partial charge >= 0.3 is 0 Å². The van der Waals surface area contributed by atoms with Gasteiger partial charge in [0, 0.05) is 26.3 Å². The van der Waals surface area contributed by atoms with Gasteiger partial charge in [0.15, 0.2) is 0 Å². The fourth-order valence-corrected chi connectivity index (χ4v) is 2.86. The number of hydrogen-bond acceptors (Lipinski definition) is 2. The summed E-state index contributed by atoms with van der Waals surface area (Å²) in [5.41, 5.74) is 0.663. The Labute approximate surface area is 106 Å². The van der Waals surface area contributed by atoms with Gasteiger partial charge in [0.1, 0.15) is 5.82 Å². The summed E-state index contributed by atoms with van der Waals surface area (Å²) in [6, 6.07) is 9.14. The van der Waals surface area contributed by atoms with E-state index in [2.05, 4.69) is 21.2 Å². The van der Waals surface area contributed by atoms with E-state index in [-0.39, 0.29) is 5.82 Å². The zero-order chi connectivity index (χ0) is 11.5. The Morgan fingerprint density at radius 1 is 1.31 bits per heavy atom. The van der Waals surface area contributed by atoms with Gasteiger partial charge < -0.3 is 5.32 Å². The average Bonchev–Trinajstić information content (AvgIpc) is 2.67. The van der Waals surface area contributed by atoms with E-state index >= 15 is 0 Å². The van der Waals surface area contributed by atoms with Crippen LogP contribution < -0.4 is 5.32 Å². The van der Waals surface area contributed by atoms with E-state index in [4.69, 9.17) is 0 Å². The highest BCUT2D eigenvalue weighted by Gasteiger charge is 2.08. The molecule has 0 fully saturated rings. The van der Waals surface area contributed by atoms with Crippen molar-refractivity contribution < 1.29 is 4.39 Å². The van der Waals surface area contributed by atoms with Gasteiger partial charge in [0.05, 0.1) is 0 Å². The number of halogens is 2. The molecule has 2 rings (SSSR count). The van der Waals surface area contributed by atoms with Crippen LogP contribution in [0.25, 0.3) is 10.4 Å². The quantitative estimate of drug-likeness (QED) is 0.902. The van der Waals surface area contributed by atoms with Crippen LogP contribution in [0, 0.1) is 5.82 Å². The minimum atomic E-state index is -0.188. The Morgan fingerprint density at radius 2 is 2.12 bits per heavy atom. The summed E-state index contributed by atoms with van der Waals surface area (Å²) in [5, 5.41) is 3.08. The monoisotopic (exact) mass is 299 g/mol. The van der Waals surface area contributed by atoms with Crippen molar-refractivity contribution in [3.05, 3.63) is 45.5 Å². The van der Waals surface area contributed by atoms with Crippen molar-refractivity contribution in [1.29, 1.82) is 0 Å². The van der Waals surface area contributed by atoms with Crippen LogP contribution in [0.3, 0.4) is 0 Å². The largest absolute Gasteiger partial charge is 0.315 e. The Kier molecular flexibility index (Phi) is 3.74. The molecular weight excluding hydrogens is 289 g/mol. The van der Waals surface area contributed by atoms with E-state index in [1.807, 2.05) is 25.2 Å². The van der Waals surface area contributed by atoms with Crippen LogP contribution >= 0.6 is 27.3 Å². The first-order chi connectivity index (χ1) is 7.70. The second-order valence-corrected chi connectivity index (χ2v) is 5.50. The van der Waals surface area contributed by atoms with Crippen LogP contribution in [-0.4, -0.2) is 7.05 Å². The lowest BCUT2D eigenvalue weighted by molar-refractivity contribution is 0.631. The lowest BCUT2D eigenvalue weighted by Crippen LogP contribution is -2.02. The van der Waals surface area contributed by atoms with Crippen LogP contribution in [0.2, 0.25) is 0 Å². The Bertz CT molecular complexity index is 496. The molecule has 0 radical (unpaired) electrons. The summed E-state index contributed by atoms with van der Waals surface area (Å²) in [5.74, 6) is -0.188. The molecule has 84 valence electrons. The van der Waals surface area contributed by atoms with Crippen LogP contribution in [0.15, 0.2) is 34.8 Å². The standard InChI is InChI=1S/C12H11BrFNS/c1-15-7-9-3-5-12(16-9)10-4-2-8(13)6-11(10)14/h2-6,15H,7H2,1H3. The van der Waals surface area contributed by atoms with Crippen molar-refractivity contribution in [2.75, 3.05) is 7.05 Å². The van der Waals surface area contributed by atoms with Gasteiger partial charge in [0.25, 0.3) is 0 Å². The van der Waals surface area contributed by atoms with Crippen molar-refractivity contribution in [2.45, 2.75) is 6.54 Å². The molecule has 1 N–H and O–H groups in total. The second-order valence-electron chi connectivity index (χ2n) is 3.42. The molecule has 0 unspecified atom stereocenters. The number of hydrogen-bond donors (Lipinski definition) is 1.